The number of carboxylic acids is 1. The molecule has 0 fully saturated rings. The first kappa shape index (κ1) is 14.7. The first-order valence-corrected chi connectivity index (χ1v) is 5.55. The molecule has 0 bridgehead atoms. The van der Waals surface area contributed by atoms with Crippen molar-refractivity contribution in [2.75, 3.05) is 7.11 Å². The van der Waals surface area contributed by atoms with Gasteiger partial charge in [0.1, 0.15) is 17.4 Å². The SMILES string of the molecule is COC(=O)/C=C(\C)[NH2+][C@@H](C(=O)[O-])c1ccc(O)cc1. The molecule has 0 saturated heterocycles. The van der Waals surface area contributed by atoms with Crippen LogP contribution >= 0.6 is 0 Å². The summed E-state index contributed by atoms with van der Waals surface area (Å²) < 4.78 is 4.45. The molecule has 19 heavy (non-hydrogen) atoms. The van der Waals surface area contributed by atoms with Gasteiger partial charge in [-0.1, -0.05) is 0 Å². The van der Waals surface area contributed by atoms with Crippen molar-refractivity contribution >= 4 is 11.9 Å². The van der Waals surface area contributed by atoms with Gasteiger partial charge in [-0.15, -0.1) is 0 Å². The number of esters is 1. The van der Waals surface area contributed by atoms with E-state index < -0.39 is 18.0 Å². The molecule has 0 amide bonds. The summed E-state index contributed by atoms with van der Waals surface area (Å²) in [4.78, 5) is 22.2. The van der Waals surface area contributed by atoms with Gasteiger partial charge < -0.3 is 25.1 Å². The Kier molecular flexibility index (Phi) is 5.08. The summed E-state index contributed by atoms with van der Waals surface area (Å²) in [6.07, 6.45) is 1.19. The molecule has 0 spiro atoms. The van der Waals surface area contributed by atoms with Crippen molar-refractivity contribution in [3.63, 3.8) is 0 Å². The quantitative estimate of drug-likeness (QED) is 0.515. The normalized spacial score (nSPS) is 12.8. The molecule has 0 heterocycles. The van der Waals surface area contributed by atoms with E-state index in [4.69, 9.17) is 5.11 Å². The van der Waals surface area contributed by atoms with Crippen LogP contribution in [0.15, 0.2) is 36.0 Å². The lowest BCUT2D eigenvalue weighted by atomic mass is 10.1. The minimum absolute atomic E-state index is 0.0441. The molecular weight excluding hydrogens is 250 g/mol. The second kappa shape index (κ2) is 6.55. The van der Waals surface area contributed by atoms with Crippen LogP contribution in [0.4, 0.5) is 0 Å². The zero-order valence-corrected chi connectivity index (χ0v) is 10.6. The number of carbonyl (C=O) groups excluding carboxylic acids is 2. The first-order chi connectivity index (χ1) is 8.93. The molecule has 6 heteroatoms. The highest BCUT2D eigenvalue weighted by Crippen LogP contribution is 2.14. The third-order valence-electron chi connectivity index (χ3n) is 2.48. The number of aliphatic carboxylic acids is 1. The molecule has 1 atom stereocenters. The molecule has 0 aliphatic carbocycles. The molecule has 0 radical (unpaired) electrons. The second-order valence-electron chi connectivity index (χ2n) is 3.97. The van der Waals surface area contributed by atoms with Gasteiger partial charge in [-0.25, -0.2) is 4.79 Å². The second-order valence-corrected chi connectivity index (χ2v) is 3.97. The van der Waals surface area contributed by atoms with E-state index in [-0.39, 0.29) is 5.75 Å². The summed E-state index contributed by atoms with van der Waals surface area (Å²) in [5, 5.41) is 21.7. The van der Waals surface area contributed by atoms with Crippen molar-refractivity contribution in [2.24, 2.45) is 0 Å². The number of hydrogen-bond acceptors (Lipinski definition) is 5. The summed E-state index contributed by atoms with van der Waals surface area (Å²) in [6, 6.07) is 4.74. The van der Waals surface area contributed by atoms with Crippen LogP contribution in [0, 0.1) is 0 Å². The van der Waals surface area contributed by atoms with Crippen LogP contribution in [-0.4, -0.2) is 24.2 Å². The van der Waals surface area contributed by atoms with E-state index in [1.807, 2.05) is 0 Å². The molecule has 0 unspecified atom stereocenters. The average Bonchev–Trinajstić information content (AvgIpc) is 2.36. The Labute approximate surface area is 110 Å². The molecule has 1 rings (SSSR count). The minimum Gasteiger partial charge on any atom is -0.544 e. The van der Waals surface area contributed by atoms with Gasteiger partial charge in [-0.05, 0) is 24.3 Å². The number of nitrogens with two attached hydrogens (primary N) is 1. The van der Waals surface area contributed by atoms with E-state index >= 15 is 0 Å². The highest BCUT2D eigenvalue weighted by atomic mass is 16.5. The number of aromatic hydroxyl groups is 1. The number of ether oxygens (including phenoxy) is 1. The van der Waals surface area contributed by atoms with Gasteiger partial charge >= 0.3 is 5.97 Å². The van der Waals surface area contributed by atoms with Crippen LogP contribution in [0.5, 0.6) is 5.75 Å². The van der Waals surface area contributed by atoms with Crippen LogP contribution in [-0.2, 0) is 14.3 Å². The number of phenolic OH excluding ortho intramolecular Hbond substituents is 1. The number of carbonyl (C=O) groups is 2. The average molecular weight is 265 g/mol. The van der Waals surface area contributed by atoms with E-state index in [0.29, 0.717) is 11.3 Å². The lowest BCUT2D eigenvalue weighted by molar-refractivity contribution is -0.644. The maximum Gasteiger partial charge on any atom is 0.336 e. The van der Waals surface area contributed by atoms with Gasteiger partial charge in [0.2, 0.25) is 0 Å². The molecule has 102 valence electrons. The zero-order chi connectivity index (χ0) is 14.4. The fourth-order valence-electron chi connectivity index (χ4n) is 1.54. The summed E-state index contributed by atoms with van der Waals surface area (Å²) >= 11 is 0. The van der Waals surface area contributed by atoms with E-state index in [1.165, 1.54) is 42.8 Å². The minimum atomic E-state index is -1.29. The van der Waals surface area contributed by atoms with E-state index in [0.717, 1.165) is 0 Å². The third kappa shape index (κ3) is 4.44. The van der Waals surface area contributed by atoms with Crippen molar-refractivity contribution < 1.29 is 29.9 Å². The van der Waals surface area contributed by atoms with E-state index in [2.05, 4.69) is 4.74 Å². The summed E-state index contributed by atoms with van der Waals surface area (Å²) in [6.45, 7) is 1.59. The Morgan fingerprint density at radius 3 is 2.42 bits per heavy atom. The molecule has 0 saturated carbocycles. The predicted molar refractivity (Wildman–Crippen MR) is 63.6 cm³/mol. The molecule has 1 aromatic carbocycles. The number of carboxylic acid groups (broad SMARTS) is 1. The van der Waals surface area contributed by atoms with Gasteiger partial charge in [0.15, 0.2) is 6.04 Å². The van der Waals surface area contributed by atoms with Crippen molar-refractivity contribution in [3.05, 3.63) is 41.6 Å². The van der Waals surface area contributed by atoms with Gasteiger partial charge in [-0.3, -0.25) is 0 Å². The van der Waals surface area contributed by atoms with Crippen molar-refractivity contribution in [1.82, 2.24) is 0 Å². The zero-order valence-electron chi connectivity index (χ0n) is 10.6. The molecule has 0 aromatic heterocycles. The van der Waals surface area contributed by atoms with Crippen LogP contribution in [0.1, 0.15) is 18.5 Å². The molecule has 0 aliphatic heterocycles. The predicted octanol–water partition coefficient (Wildman–Crippen LogP) is -1.18. The van der Waals surface area contributed by atoms with Crippen LogP contribution in [0.25, 0.3) is 0 Å². The van der Waals surface area contributed by atoms with E-state index in [9.17, 15) is 14.7 Å². The van der Waals surface area contributed by atoms with Gasteiger partial charge in [0.25, 0.3) is 0 Å². The summed E-state index contributed by atoms with van der Waals surface area (Å²) in [5.74, 6) is -1.80. The Morgan fingerprint density at radius 1 is 1.37 bits per heavy atom. The molecule has 3 N–H and O–H groups in total. The summed E-state index contributed by atoms with van der Waals surface area (Å²) in [7, 11) is 1.24. The van der Waals surface area contributed by atoms with Crippen LogP contribution in [0.3, 0.4) is 0 Å². The lowest BCUT2D eigenvalue weighted by Gasteiger charge is -2.16. The standard InChI is InChI=1S/C13H15NO5/c1-8(7-11(16)19-2)14-12(13(17)18)9-3-5-10(15)6-4-9/h3-7,12,14-15H,1-2H3,(H,17,18)/b8-7+/t12-/m1/s1. The Balaban J connectivity index is 2.91. The highest BCUT2D eigenvalue weighted by molar-refractivity contribution is 5.82. The fraction of sp³-hybridized carbons (Fsp3) is 0.231. The van der Waals surface area contributed by atoms with Crippen molar-refractivity contribution in [2.45, 2.75) is 13.0 Å². The number of benzene rings is 1. The molecule has 6 nitrogen and oxygen atoms in total. The molecule has 0 aliphatic rings. The number of rotatable bonds is 5. The molecular formula is C13H15NO5. The maximum absolute atomic E-state index is 11.1. The van der Waals surface area contributed by atoms with E-state index in [1.54, 1.807) is 6.92 Å². The van der Waals surface area contributed by atoms with Crippen LogP contribution in [0.2, 0.25) is 0 Å². The largest absolute Gasteiger partial charge is 0.544 e. The maximum atomic E-state index is 11.1. The van der Waals surface area contributed by atoms with Crippen molar-refractivity contribution in [1.29, 1.82) is 0 Å². The Bertz CT molecular complexity index is 492. The summed E-state index contributed by atoms with van der Waals surface area (Å²) in [5.41, 5.74) is 0.907. The van der Waals surface area contributed by atoms with Gasteiger partial charge in [0, 0.05) is 12.5 Å². The highest BCUT2D eigenvalue weighted by Gasteiger charge is 2.17. The van der Waals surface area contributed by atoms with Gasteiger partial charge in [-0.2, -0.15) is 0 Å². The number of phenols is 1. The van der Waals surface area contributed by atoms with Gasteiger partial charge in [0.05, 0.1) is 13.2 Å². The van der Waals surface area contributed by atoms with Crippen LogP contribution < -0.4 is 10.4 Å². The smallest absolute Gasteiger partial charge is 0.336 e. The number of hydrogen-bond donors (Lipinski definition) is 2. The first-order valence-electron chi connectivity index (χ1n) is 5.55. The van der Waals surface area contributed by atoms with Crippen molar-refractivity contribution in [3.8, 4) is 5.75 Å². The topological polar surface area (TPSA) is 103 Å². The number of quaternary nitrogens is 1. The monoisotopic (exact) mass is 265 g/mol. The fourth-order valence-corrected chi connectivity index (χ4v) is 1.54. The number of allylic oxidation sites excluding steroid dienone is 1. The Morgan fingerprint density at radius 2 is 1.95 bits per heavy atom. The molecule has 1 aromatic rings. The third-order valence-corrected chi connectivity index (χ3v) is 2.48. The Hall–Kier alpha value is -2.34. The lowest BCUT2D eigenvalue weighted by Crippen LogP contribution is -2.85. The number of methoxy groups -OCH3 is 1.